The molecule has 0 bridgehead atoms. The molecule has 172 valence electrons. The highest BCUT2D eigenvalue weighted by molar-refractivity contribution is 7.89. The molecule has 0 unspecified atom stereocenters. The molecule has 0 aliphatic rings. The van der Waals surface area contributed by atoms with Crippen LogP contribution in [0, 0.1) is 5.82 Å². The van der Waals surface area contributed by atoms with Crippen molar-refractivity contribution < 1.29 is 35.5 Å². The first-order chi connectivity index (χ1) is 14.7. The fourth-order valence-electron chi connectivity index (χ4n) is 2.82. The summed E-state index contributed by atoms with van der Waals surface area (Å²) in [5, 5.41) is 4.25. The standard InChI is InChI=1S/C20H19F4N3O4S/c1-19(2,3)31-18(28)27-16-10-15(9-6-13(16)11-25-27)32(29,30)26-17(20(22,23)24)12-4-7-14(21)8-5-12/h4-11,17,26H,1-3H3/t17-/m1/s1. The van der Waals surface area contributed by atoms with Gasteiger partial charge < -0.3 is 4.74 Å². The van der Waals surface area contributed by atoms with Gasteiger partial charge in [-0.1, -0.05) is 12.1 Å². The molecule has 3 aromatic rings. The lowest BCUT2D eigenvalue weighted by Crippen LogP contribution is -2.38. The lowest BCUT2D eigenvalue weighted by atomic mass is 10.1. The normalized spacial score (nSPS) is 13.8. The van der Waals surface area contributed by atoms with E-state index in [1.807, 2.05) is 0 Å². The molecule has 12 heteroatoms. The predicted octanol–water partition coefficient (Wildman–Crippen LogP) is 4.54. The van der Waals surface area contributed by atoms with Gasteiger partial charge in [0, 0.05) is 5.39 Å². The van der Waals surface area contributed by atoms with E-state index >= 15 is 0 Å². The van der Waals surface area contributed by atoms with Crippen molar-refractivity contribution in [3.05, 3.63) is 60.0 Å². The number of nitrogens with one attached hydrogen (secondary N) is 1. The van der Waals surface area contributed by atoms with Crippen molar-refractivity contribution in [1.82, 2.24) is 14.5 Å². The molecule has 0 saturated carbocycles. The highest BCUT2D eigenvalue weighted by atomic mass is 32.2. The van der Waals surface area contributed by atoms with Crippen LogP contribution in [0.15, 0.2) is 53.6 Å². The number of nitrogens with zero attached hydrogens (tertiary/aromatic N) is 2. The Bertz CT molecular complexity index is 1250. The minimum Gasteiger partial charge on any atom is -0.442 e. The van der Waals surface area contributed by atoms with Crippen molar-refractivity contribution in [2.24, 2.45) is 0 Å². The van der Waals surface area contributed by atoms with Crippen LogP contribution >= 0.6 is 0 Å². The number of alkyl halides is 3. The lowest BCUT2D eigenvalue weighted by molar-refractivity contribution is -0.153. The van der Waals surface area contributed by atoms with Gasteiger partial charge in [-0.2, -0.15) is 27.7 Å². The van der Waals surface area contributed by atoms with Crippen molar-refractivity contribution in [2.45, 2.75) is 43.5 Å². The molecular weight excluding hydrogens is 454 g/mol. The van der Waals surface area contributed by atoms with E-state index in [1.54, 1.807) is 25.5 Å². The maximum absolute atomic E-state index is 13.6. The van der Waals surface area contributed by atoms with Crippen molar-refractivity contribution >= 4 is 27.0 Å². The fraction of sp³-hybridized carbons (Fsp3) is 0.300. The number of hydrogen-bond acceptors (Lipinski definition) is 5. The molecule has 0 fully saturated rings. The Hall–Kier alpha value is -2.99. The summed E-state index contributed by atoms with van der Waals surface area (Å²) in [6, 6.07) is 4.09. The Morgan fingerprint density at radius 1 is 1.09 bits per heavy atom. The summed E-state index contributed by atoms with van der Waals surface area (Å²) in [7, 11) is -4.70. The number of carbonyl (C=O) groups is 1. The molecule has 1 N–H and O–H groups in total. The Morgan fingerprint density at radius 2 is 1.72 bits per heavy atom. The summed E-state index contributed by atoms with van der Waals surface area (Å²) in [6.45, 7) is 4.88. The van der Waals surface area contributed by atoms with Crippen LogP contribution in [-0.4, -0.2) is 36.1 Å². The molecule has 1 atom stereocenters. The van der Waals surface area contributed by atoms with Gasteiger partial charge in [-0.25, -0.2) is 17.6 Å². The van der Waals surface area contributed by atoms with E-state index in [-0.39, 0.29) is 5.52 Å². The quantitative estimate of drug-likeness (QED) is 0.562. The molecule has 3 rings (SSSR count). The number of fused-ring (bicyclic) bond motifs is 1. The number of ether oxygens (including phenoxy) is 1. The molecule has 1 aromatic heterocycles. The minimum atomic E-state index is -4.99. The molecule has 1 heterocycles. The highest BCUT2D eigenvalue weighted by Gasteiger charge is 2.43. The van der Waals surface area contributed by atoms with Crippen molar-refractivity contribution in [1.29, 1.82) is 0 Å². The maximum Gasteiger partial charge on any atom is 0.435 e. The van der Waals surface area contributed by atoms with Gasteiger partial charge in [-0.3, -0.25) is 0 Å². The van der Waals surface area contributed by atoms with Crippen LogP contribution in [0.2, 0.25) is 0 Å². The fourth-order valence-corrected chi connectivity index (χ4v) is 4.05. The van der Waals surface area contributed by atoms with Gasteiger partial charge in [0.05, 0.1) is 16.6 Å². The molecule has 2 aromatic carbocycles. The van der Waals surface area contributed by atoms with Crippen LogP contribution in [0.3, 0.4) is 0 Å². The first-order valence-electron chi connectivity index (χ1n) is 9.23. The molecule has 7 nitrogen and oxygen atoms in total. The summed E-state index contributed by atoms with van der Waals surface area (Å²) < 4.78 is 87.1. The summed E-state index contributed by atoms with van der Waals surface area (Å²) >= 11 is 0. The average Bonchev–Trinajstić information content (AvgIpc) is 3.08. The van der Waals surface area contributed by atoms with Crippen LogP contribution in [0.5, 0.6) is 0 Å². The van der Waals surface area contributed by atoms with Crippen LogP contribution in [-0.2, 0) is 14.8 Å². The Kier molecular flexibility index (Phi) is 6.04. The van der Waals surface area contributed by atoms with Gasteiger partial charge in [-0.05, 0) is 56.7 Å². The van der Waals surface area contributed by atoms with E-state index in [0.29, 0.717) is 5.39 Å². The van der Waals surface area contributed by atoms with E-state index in [4.69, 9.17) is 4.74 Å². The molecule has 0 saturated heterocycles. The van der Waals surface area contributed by atoms with E-state index in [1.165, 1.54) is 12.3 Å². The molecule has 0 amide bonds. The Morgan fingerprint density at radius 3 is 2.28 bits per heavy atom. The number of halogens is 4. The third-order valence-electron chi connectivity index (χ3n) is 4.22. The zero-order chi connectivity index (χ0) is 23.9. The van der Waals surface area contributed by atoms with E-state index in [9.17, 15) is 30.8 Å². The molecule has 0 radical (unpaired) electrons. The van der Waals surface area contributed by atoms with Crippen LogP contribution in [0.25, 0.3) is 10.9 Å². The van der Waals surface area contributed by atoms with Crippen molar-refractivity contribution in [2.75, 3.05) is 0 Å². The largest absolute Gasteiger partial charge is 0.442 e. The SMILES string of the molecule is CC(C)(C)OC(=O)n1ncc2ccc(S(=O)(=O)N[C@H](c3ccc(F)cc3)C(F)(F)F)cc21. The highest BCUT2D eigenvalue weighted by Crippen LogP contribution is 2.34. The van der Waals surface area contributed by atoms with Gasteiger partial charge >= 0.3 is 12.3 Å². The van der Waals surface area contributed by atoms with Gasteiger partial charge in [0.25, 0.3) is 0 Å². The van der Waals surface area contributed by atoms with Gasteiger partial charge in [0.15, 0.2) is 0 Å². The van der Waals surface area contributed by atoms with E-state index < -0.39 is 50.2 Å². The predicted molar refractivity (Wildman–Crippen MR) is 107 cm³/mol. The minimum absolute atomic E-state index is 0.0347. The van der Waals surface area contributed by atoms with Crippen LogP contribution < -0.4 is 4.72 Å². The second kappa shape index (κ2) is 8.17. The Labute approximate surface area is 181 Å². The first kappa shape index (κ1) is 23.7. The molecule has 0 spiro atoms. The number of sulfonamides is 1. The maximum atomic E-state index is 13.6. The van der Waals surface area contributed by atoms with Crippen LogP contribution in [0.4, 0.5) is 22.4 Å². The van der Waals surface area contributed by atoms with E-state index in [0.717, 1.165) is 41.1 Å². The second-order valence-electron chi connectivity index (χ2n) is 7.90. The molecule has 0 aliphatic heterocycles. The number of aromatic nitrogens is 2. The number of benzene rings is 2. The summed E-state index contributed by atoms with van der Waals surface area (Å²) in [5.74, 6) is -0.765. The average molecular weight is 473 g/mol. The van der Waals surface area contributed by atoms with Crippen molar-refractivity contribution in [3.63, 3.8) is 0 Å². The zero-order valence-electron chi connectivity index (χ0n) is 17.1. The summed E-state index contributed by atoms with van der Waals surface area (Å²) in [4.78, 5) is 11.8. The number of carbonyl (C=O) groups excluding carboxylic acids is 1. The first-order valence-corrected chi connectivity index (χ1v) is 10.7. The summed E-state index contributed by atoms with van der Waals surface area (Å²) in [5.41, 5.74) is -1.30. The monoisotopic (exact) mass is 473 g/mol. The summed E-state index contributed by atoms with van der Waals surface area (Å²) in [6.07, 6.45) is -4.58. The second-order valence-corrected chi connectivity index (χ2v) is 9.62. The molecule has 32 heavy (non-hydrogen) atoms. The smallest absolute Gasteiger partial charge is 0.435 e. The Balaban J connectivity index is 2.00. The van der Waals surface area contributed by atoms with E-state index in [2.05, 4.69) is 5.10 Å². The lowest BCUT2D eigenvalue weighted by Gasteiger charge is -2.22. The number of rotatable bonds is 4. The topological polar surface area (TPSA) is 90.3 Å². The number of hydrogen-bond donors (Lipinski definition) is 1. The van der Waals surface area contributed by atoms with Crippen molar-refractivity contribution in [3.8, 4) is 0 Å². The third kappa shape index (κ3) is 5.25. The zero-order valence-corrected chi connectivity index (χ0v) is 18.0. The van der Waals surface area contributed by atoms with Gasteiger partial charge in [-0.15, -0.1) is 0 Å². The molecular formula is C20H19F4N3O4S. The van der Waals surface area contributed by atoms with Gasteiger partial charge in [0.2, 0.25) is 10.0 Å². The van der Waals surface area contributed by atoms with Crippen LogP contribution in [0.1, 0.15) is 32.4 Å². The third-order valence-corrected chi connectivity index (χ3v) is 5.64. The molecule has 0 aliphatic carbocycles. The van der Waals surface area contributed by atoms with Gasteiger partial charge in [0.1, 0.15) is 17.5 Å².